The van der Waals surface area contributed by atoms with Crippen molar-refractivity contribution in [2.45, 2.75) is 32.7 Å². The Labute approximate surface area is 110 Å². The van der Waals surface area contributed by atoms with Crippen LogP contribution in [0.25, 0.3) is 5.95 Å². The number of hydrogen-bond donors (Lipinski definition) is 1. The Morgan fingerprint density at radius 2 is 2.11 bits per heavy atom. The molecule has 0 saturated heterocycles. The molecule has 0 atom stereocenters. The average Bonchev–Trinajstić information content (AvgIpc) is 2.81. The Hall–Kier alpha value is -1.69. The van der Waals surface area contributed by atoms with Gasteiger partial charge < -0.3 is 5.32 Å². The molecule has 0 bridgehead atoms. The molecule has 2 aromatic rings. The van der Waals surface area contributed by atoms with Crippen molar-refractivity contribution in [3.63, 3.8) is 0 Å². The van der Waals surface area contributed by atoms with Crippen molar-refractivity contribution in [3.05, 3.63) is 23.7 Å². The highest BCUT2D eigenvalue weighted by atomic mass is 35.5. The molecule has 0 aliphatic carbocycles. The molecule has 0 amide bonds. The van der Waals surface area contributed by atoms with Crippen molar-refractivity contribution in [1.82, 2.24) is 24.7 Å². The van der Waals surface area contributed by atoms with Crippen LogP contribution in [-0.4, -0.2) is 30.3 Å². The molecule has 0 spiro atoms. The van der Waals surface area contributed by atoms with Gasteiger partial charge in [-0.3, -0.25) is 0 Å². The molecule has 7 heteroatoms. The Balaban J connectivity index is 2.33. The summed E-state index contributed by atoms with van der Waals surface area (Å²) in [6.45, 7) is 6.22. The van der Waals surface area contributed by atoms with Crippen LogP contribution in [0.1, 0.15) is 27.2 Å². The zero-order chi connectivity index (χ0) is 13.2. The lowest BCUT2D eigenvalue weighted by Gasteiger charge is -2.24. The second kappa shape index (κ2) is 4.89. The molecule has 2 rings (SSSR count). The van der Waals surface area contributed by atoms with E-state index in [1.807, 2.05) is 0 Å². The van der Waals surface area contributed by atoms with E-state index in [-0.39, 0.29) is 10.8 Å². The van der Waals surface area contributed by atoms with Crippen molar-refractivity contribution in [1.29, 1.82) is 0 Å². The Morgan fingerprint density at radius 3 is 2.72 bits per heavy atom. The van der Waals surface area contributed by atoms with Crippen molar-refractivity contribution in [2.75, 3.05) is 5.32 Å². The van der Waals surface area contributed by atoms with E-state index < -0.39 is 0 Å². The molecule has 2 aromatic heterocycles. The largest absolute Gasteiger partial charge is 0.349 e. The maximum atomic E-state index is 5.90. The van der Waals surface area contributed by atoms with Gasteiger partial charge in [0.2, 0.25) is 11.2 Å². The van der Waals surface area contributed by atoms with Crippen molar-refractivity contribution >= 4 is 17.5 Å². The minimum absolute atomic E-state index is 0.105. The fourth-order valence-electron chi connectivity index (χ4n) is 1.28. The summed E-state index contributed by atoms with van der Waals surface area (Å²) >= 11 is 5.90. The van der Waals surface area contributed by atoms with Crippen LogP contribution >= 0.6 is 11.6 Å². The maximum Gasteiger partial charge on any atom is 0.256 e. The first-order chi connectivity index (χ1) is 8.50. The van der Waals surface area contributed by atoms with E-state index in [1.165, 1.54) is 4.68 Å². The minimum Gasteiger partial charge on any atom is -0.349 e. The van der Waals surface area contributed by atoms with Gasteiger partial charge in [0.15, 0.2) is 0 Å². The first-order valence-electron chi connectivity index (χ1n) is 5.70. The number of halogens is 1. The summed E-state index contributed by atoms with van der Waals surface area (Å²) in [6.07, 6.45) is 4.34. The normalized spacial score (nSPS) is 11.6. The Morgan fingerprint density at radius 1 is 1.33 bits per heavy atom. The predicted octanol–water partition coefficient (Wildman–Crippen LogP) is 2.31. The zero-order valence-corrected chi connectivity index (χ0v) is 11.3. The highest BCUT2D eigenvalue weighted by Gasteiger charge is 2.17. The first-order valence-corrected chi connectivity index (χ1v) is 6.08. The number of hydrogen-bond acceptors (Lipinski definition) is 5. The maximum absolute atomic E-state index is 5.90. The van der Waals surface area contributed by atoms with Gasteiger partial charge in [-0.15, -0.1) is 0 Å². The third-order valence-corrected chi connectivity index (χ3v) is 2.81. The van der Waals surface area contributed by atoms with Gasteiger partial charge in [-0.2, -0.15) is 20.1 Å². The molecule has 0 unspecified atom stereocenters. The number of aromatic nitrogens is 5. The monoisotopic (exact) mass is 266 g/mol. The van der Waals surface area contributed by atoms with E-state index in [0.29, 0.717) is 11.9 Å². The summed E-state index contributed by atoms with van der Waals surface area (Å²) in [6, 6.07) is 1.79. The molecule has 0 aliphatic heterocycles. The Bertz CT molecular complexity index is 522. The molecule has 2 heterocycles. The number of anilines is 1. The summed E-state index contributed by atoms with van der Waals surface area (Å²) in [5, 5.41) is 7.43. The SMILES string of the molecule is CCC(C)(C)Nc1nc(Cl)nc(-n2cccn2)n1. The van der Waals surface area contributed by atoms with Gasteiger partial charge in [-0.25, -0.2) is 4.68 Å². The van der Waals surface area contributed by atoms with Gasteiger partial charge in [0.1, 0.15) is 0 Å². The summed E-state index contributed by atoms with van der Waals surface area (Å²) < 4.78 is 1.54. The van der Waals surface area contributed by atoms with Crippen molar-refractivity contribution in [3.8, 4) is 5.95 Å². The summed E-state index contributed by atoms with van der Waals surface area (Å²) in [7, 11) is 0. The first kappa shape index (κ1) is 12.8. The molecule has 0 radical (unpaired) electrons. The van der Waals surface area contributed by atoms with Crippen LogP contribution < -0.4 is 5.32 Å². The summed E-state index contributed by atoms with van der Waals surface area (Å²) in [5.74, 6) is 0.849. The highest BCUT2D eigenvalue weighted by molar-refractivity contribution is 6.28. The fraction of sp³-hybridized carbons (Fsp3) is 0.455. The molecule has 0 fully saturated rings. The van der Waals surface area contributed by atoms with Crippen LogP contribution in [0.4, 0.5) is 5.95 Å². The lowest BCUT2D eigenvalue weighted by Crippen LogP contribution is -2.31. The summed E-state index contributed by atoms with van der Waals surface area (Å²) in [5.41, 5.74) is -0.105. The number of nitrogens with zero attached hydrogens (tertiary/aromatic N) is 5. The van der Waals surface area contributed by atoms with Crippen LogP contribution in [0.3, 0.4) is 0 Å². The Kier molecular flexibility index (Phi) is 3.47. The molecular weight excluding hydrogens is 252 g/mol. The van der Waals surface area contributed by atoms with E-state index >= 15 is 0 Å². The molecule has 0 aromatic carbocycles. The summed E-state index contributed by atoms with van der Waals surface area (Å²) in [4.78, 5) is 12.4. The van der Waals surface area contributed by atoms with Crippen molar-refractivity contribution in [2.24, 2.45) is 0 Å². The highest BCUT2D eigenvalue weighted by Crippen LogP contribution is 2.16. The van der Waals surface area contributed by atoms with Gasteiger partial charge in [-0.05, 0) is 37.9 Å². The fourth-order valence-corrected chi connectivity index (χ4v) is 1.43. The number of rotatable bonds is 4. The lowest BCUT2D eigenvalue weighted by atomic mass is 10.0. The van der Waals surface area contributed by atoms with E-state index in [2.05, 4.69) is 46.1 Å². The molecule has 96 valence electrons. The van der Waals surface area contributed by atoms with Gasteiger partial charge in [0.05, 0.1) is 0 Å². The minimum atomic E-state index is -0.105. The second-order valence-corrected chi connectivity index (χ2v) is 4.88. The van der Waals surface area contributed by atoms with E-state index in [4.69, 9.17) is 11.6 Å². The lowest BCUT2D eigenvalue weighted by molar-refractivity contribution is 0.541. The smallest absolute Gasteiger partial charge is 0.256 e. The van der Waals surface area contributed by atoms with E-state index in [0.717, 1.165) is 6.42 Å². The molecule has 6 nitrogen and oxygen atoms in total. The zero-order valence-electron chi connectivity index (χ0n) is 10.6. The number of nitrogens with one attached hydrogen (secondary N) is 1. The van der Waals surface area contributed by atoms with Gasteiger partial charge in [0, 0.05) is 17.9 Å². The molecule has 0 saturated carbocycles. The van der Waals surface area contributed by atoms with Crippen LogP contribution in [0.5, 0.6) is 0 Å². The van der Waals surface area contributed by atoms with Gasteiger partial charge >= 0.3 is 0 Å². The van der Waals surface area contributed by atoms with Crippen LogP contribution in [0.2, 0.25) is 5.28 Å². The molecule has 18 heavy (non-hydrogen) atoms. The second-order valence-electron chi connectivity index (χ2n) is 4.54. The van der Waals surface area contributed by atoms with E-state index in [9.17, 15) is 0 Å². The third kappa shape index (κ3) is 2.95. The molecule has 1 N–H and O–H groups in total. The molecular formula is C11H15ClN6. The predicted molar refractivity (Wildman–Crippen MR) is 70.0 cm³/mol. The third-order valence-electron chi connectivity index (χ3n) is 2.64. The molecule has 0 aliphatic rings. The van der Waals surface area contributed by atoms with Crippen LogP contribution in [0.15, 0.2) is 18.5 Å². The quantitative estimate of drug-likeness (QED) is 0.920. The van der Waals surface area contributed by atoms with Crippen LogP contribution in [0, 0.1) is 0 Å². The van der Waals surface area contributed by atoms with Crippen molar-refractivity contribution < 1.29 is 0 Å². The van der Waals surface area contributed by atoms with Gasteiger partial charge in [-0.1, -0.05) is 6.92 Å². The van der Waals surface area contributed by atoms with Gasteiger partial charge in [0.25, 0.3) is 5.95 Å². The average molecular weight is 267 g/mol. The van der Waals surface area contributed by atoms with E-state index in [1.54, 1.807) is 18.5 Å². The topological polar surface area (TPSA) is 68.5 Å². The van der Waals surface area contributed by atoms with Crippen LogP contribution in [-0.2, 0) is 0 Å². The standard InChI is InChI=1S/C11H15ClN6/c1-4-11(2,3)17-9-14-8(12)15-10(16-9)18-7-5-6-13-18/h5-7H,4H2,1-3H3,(H,14,15,16,17).